The number of esters is 2. The van der Waals surface area contributed by atoms with E-state index < -0.39 is 24.4 Å². The average Bonchev–Trinajstić information content (AvgIpc) is 3.26. The fourth-order valence-corrected chi connectivity index (χ4v) is 3.53. The fraction of sp³-hybridized carbons (Fsp3) is 0.600. The molecule has 0 aliphatic carbocycles. The highest BCUT2D eigenvalue weighted by Gasteiger charge is 2.46. The minimum absolute atomic E-state index is 0.0592. The molecule has 32 heavy (non-hydrogen) atoms. The molecular weight excluding hydrogens is 420 g/mol. The molecule has 2 aromatic rings. The van der Waals surface area contributed by atoms with E-state index in [4.69, 9.17) is 14.2 Å². The number of carbonyl (C=O) groups is 3. The Morgan fingerprint density at radius 1 is 1.25 bits per heavy atom. The van der Waals surface area contributed by atoms with Gasteiger partial charge < -0.3 is 19.5 Å². The number of imidazole rings is 1. The van der Waals surface area contributed by atoms with E-state index in [9.17, 15) is 14.4 Å². The van der Waals surface area contributed by atoms with Crippen molar-refractivity contribution < 1.29 is 28.6 Å². The SMILES string of the molecule is CNc1nc(NC(C)=O)nc2c1ncn2[C@@H]1O[C@H](COC(=O)C(C)C)[C@@H](OC(C)=O)[C@@H]1C. The van der Waals surface area contributed by atoms with Crippen LogP contribution in [0.2, 0.25) is 0 Å². The van der Waals surface area contributed by atoms with Crippen LogP contribution in [0.25, 0.3) is 11.2 Å². The molecule has 174 valence electrons. The Morgan fingerprint density at radius 3 is 2.56 bits per heavy atom. The van der Waals surface area contributed by atoms with E-state index >= 15 is 0 Å². The number of anilines is 2. The molecule has 2 N–H and O–H groups in total. The smallest absolute Gasteiger partial charge is 0.308 e. The Bertz CT molecular complexity index is 1020. The van der Waals surface area contributed by atoms with Gasteiger partial charge in [0.1, 0.15) is 25.0 Å². The van der Waals surface area contributed by atoms with E-state index in [0.29, 0.717) is 17.0 Å². The Balaban J connectivity index is 1.95. The lowest BCUT2D eigenvalue weighted by atomic mass is 10.0. The molecule has 2 aromatic heterocycles. The summed E-state index contributed by atoms with van der Waals surface area (Å²) < 4.78 is 18.7. The van der Waals surface area contributed by atoms with Crippen molar-refractivity contribution in [3.8, 4) is 0 Å². The van der Waals surface area contributed by atoms with E-state index in [-0.39, 0.29) is 36.3 Å². The number of fused-ring (bicyclic) bond motifs is 1. The maximum absolute atomic E-state index is 11.9. The molecule has 1 saturated heterocycles. The minimum atomic E-state index is -0.667. The number of nitrogens with zero attached hydrogens (tertiary/aromatic N) is 4. The predicted molar refractivity (Wildman–Crippen MR) is 114 cm³/mol. The third-order valence-electron chi connectivity index (χ3n) is 5.03. The highest BCUT2D eigenvalue weighted by Crippen LogP contribution is 2.38. The highest BCUT2D eigenvalue weighted by molar-refractivity contribution is 5.90. The van der Waals surface area contributed by atoms with Gasteiger partial charge in [-0.3, -0.25) is 24.3 Å². The fourth-order valence-electron chi connectivity index (χ4n) is 3.53. The molecule has 0 bridgehead atoms. The molecule has 0 spiro atoms. The summed E-state index contributed by atoms with van der Waals surface area (Å²) in [6.07, 6.45) is -0.377. The van der Waals surface area contributed by atoms with Crippen molar-refractivity contribution in [1.82, 2.24) is 19.5 Å². The van der Waals surface area contributed by atoms with Crippen molar-refractivity contribution in [2.24, 2.45) is 11.8 Å². The molecule has 0 saturated carbocycles. The van der Waals surface area contributed by atoms with Crippen molar-refractivity contribution in [3.05, 3.63) is 6.33 Å². The maximum Gasteiger partial charge on any atom is 0.308 e. The van der Waals surface area contributed by atoms with Gasteiger partial charge in [0.2, 0.25) is 11.9 Å². The van der Waals surface area contributed by atoms with E-state index in [0.717, 1.165) is 0 Å². The lowest BCUT2D eigenvalue weighted by molar-refractivity contribution is -0.159. The highest BCUT2D eigenvalue weighted by atomic mass is 16.6. The molecular formula is C20H28N6O6. The Kier molecular flexibility index (Phi) is 6.92. The summed E-state index contributed by atoms with van der Waals surface area (Å²) >= 11 is 0. The van der Waals surface area contributed by atoms with Gasteiger partial charge in [-0.25, -0.2) is 4.98 Å². The summed E-state index contributed by atoms with van der Waals surface area (Å²) in [4.78, 5) is 48.2. The second-order valence-corrected chi connectivity index (χ2v) is 7.93. The molecule has 1 aliphatic rings. The Morgan fingerprint density at radius 2 is 1.97 bits per heavy atom. The average molecular weight is 448 g/mol. The first-order valence-electron chi connectivity index (χ1n) is 10.3. The molecule has 0 aromatic carbocycles. The van der Waals surface area contributed by atoms with Crippen molar-refractivity contribution in [1.29, 1.82) is 0 Å². The molecule has 0 unspecified atom stereocenters. The van der Waals surface area contributed by atoms with Crippen LogP contribution in [-0.2, 0) is 28.6 Å². The summed E-state index contributed by atoms with van der Waals surface area (Å²) in [5.74, 6) is -1.21. The van der Waals surface area contributed by atoms with Crippen LogP contribution in [-0.4, -0.2) is 63.2 Å². The molecule has 0 radical (unpaired) electrons. The summed E-state index contributed by atoms with van der Waals surface area (Å²) in [6, 6.07) is 0. The van der Waals surface area contributed by atoms with E-state index in [1.54, 1.807) is 31.8 Å². The first kappa shape index (κ1) is 23.4. The van der Waals surface area contributed by atoms with Gasteiger partial charge in [-0.15, -0.1) is 0 Å². The zero-order valence-corrected chi connectivity index (χ0v) is 18.9. The van der Waals surface area contributed by atoms with Crippen molar-refractivity contribution in [2.45, 2.75) is 53.1 Å². The van der Waals surface area contributed by atoms with Gasteiger partial charge in [-0.2, -0.15) is 9.97 Å². The number of hydrogen-bond donors (Lipinski definition) is 2. The van der Waals surface area contributed by atoms with Crippen LogP contribution in [0.1, 0.15) is 40.8 Å². The van der Waals surface area contributed by atoms with Crippen molar-refractivity contribution >= 4 is 40.8 Å². The number of carbonyl (C=O) groups excluding carboxylic acids is 3. The molecule has 12 heteroatoms. The van der Waals surface area contributed by atoms with E-state index in [2.05, 4.69) is 25.6 Å². The lowest BCUT2D eigenvalue weighted by Crippen LogP contribution is -2.35. The lowest BCUT2D eigenvalue weighted by Gasteiger charge is -2.21. The van der Waals surface area contributed by atoms with Crippen LogP contribution in [0.3, 0.4) is 0 Å². The topological polar surface area (TPSA) is 147 Å². The van der Waals surface area contributed by atoms with Crippen LogP contribution in [0, 0.1) is 11.8 Å². The zero-order chi connectivity index (χ0) is 23.6. The number of amides is 1. The summed E-state index contributed by atoms with van der Waals surface area (Å²) in [5.41, 5.74) is 0.905. The van der Waals surface area contributed by atoms with Gasteiger partial charge in [0, 0.05) is 26.8 Å². The molecule has 1 fully saturated rings. The van der Waals surface area contributed by atoms with Crippen LogP contribution >= 0.6 is 0 Å². The number of ether oxygens (including phenoxy) is 3. The van der Waals surface area contributed by atoms with Gasteiger partial charge in [-0.05, 0) is 0 Å². The maximum atomic E-state index is 11.9. The second-order valence-electron chi connectivity index (χ2n) is 7.93. The summed E-state index contributed by atoms with van der Waals surface area (Å²) in [5, 5.41) is 5.51. The van der Waals surface area contributed by atoms with Gasteiger partial charge in [0.05, 0.1) is 12.2 Å². The number of rotatable bonds is 7. The molecule has 3 heterocycles. The summed E-state index contributed by atoms with van der Waals surface area (Å²) in [6.45, 7) is 7.95. The Hall–Kier alpha value is -3.28. The van der Waals surface area contributed by atoms with Crippen molar-refractivity contribution in [2.75, 3.05) is 24.3 Å². The van der Waals surface area contributed by atoms with Crippen molar-refractivity contribution in [3.63, 3.8) is 0 Å². The second kappa shape index (κ2) is 9.47. The molecule has 4 atom stereocenters. The van der Waals surface area contributed by atoms with Crippen LogP contribution in [0.15, 0.2) is 6.33 Å². The van der Waals surface area contributed by atoms with E-state index in [1.165, 1.54) is 13.8 Å². The van der Waals surface area contributed by atoms with E-state index in [1.807, 2.05) is 6.92 Å². The molecule has 1 amide bonds. The normalized spacial score (nSPS) is 22.7. The van der Waals surface area contributed by atoms with Gasteiger partial charge >= 0.3 is 11.9 Å². The largest absolute Gasteiger partial charge is 0.463 e. The quantitative estimate of drug-likeness (QED) is 0.597. The van der Waals surface area contributed by atoms with Crippen LogP contribution in [0.4, 0.5) is 11.8 Å². The van der Waals surface area contributed by atoms with Gasteiger partial charge in [0.25, 0.3) is 0 Å². The number of hydrogen-bond acceptors (Lipinski definition) is 10. The number of nitrogens with one attached hydrogen (secondary N) is 2. The standard InChI is InChI=1S/C20H28N6O6/c1-9(2)19(29)30-7-13-15(31-12(5)28)10(3)18(32-13)26-8-22-14-16(21-6)24-20(23-11(4)27)25-17(14)26/h8-10,13,15,18H,7H2,1-6H3,(H2,21,23,24,25,27)/t10-,13+,15-,18+/m0/s1. The molecule has 12 nitrogen and oxygen atoms in total. The Labute approximate surface area is 185 Å². The summed E-state index contributed by atoms with van der Waals surface area (Å²) in [7, 11) is 1.68. The van der Waals surface area contributed by atoms with Crippen LogP contribution < -0.4 is 10.6 Å². The molecule has 3 rings (SSSR count). The first-order chi connectivity index (χ1) is 15.1. The predicted octanol–water partition coefficient (Wildman–Crippen LogP) is 1.49. The van der Waals surface area contributed by atoms with Gasteiger partial charge in [-0.1, -0.05) is 20.8 Å². The monoisotopic (exact) mass is 448 g/mol. The van der Waals surface area contributed by atoms with Crippen LogP contribution in [0.5, 0.6) is 0 Å². The third kappa shape index (κ3) is 4.79. The first-order valence-corrected chi connectivity index (χ1v) is 10.3. The van der Waals surface area contributed by atoms with Gasteiger partial charge in [0.15, 0.2) is 17.0 Å². The zero-order valence-electron chi connectivity index (χ0n) is 18.9. The third-order valence-corrected chi connectivity index (χ3v) is 5.03. The molecule has 1 aliphatic heterocycles. The minimum Gasteiger partial charge on any atom is -0.463 e. The number of aromatic nitrogens is 4.